The third-order valence-corrected chi connectivity index (χ3v) is 3.65. The highest BCUT2D eigenvalue weighted by atomic mass is 16.1. The molecule has 0 aliphatic heterocycles. The molecule has 0 bridgehead atoms. The van der Waals surface area contributed by atoms with E-state index in [1.54, 1.807) is 12.4 Å². The van der Waals surface area contributed by atoms with E-state index < -0.39 is 0 Å². The number of benzene rings is 1. The molecule has 1 unspecified atom stereocenters. The number of rotatable bonds is 6. The molecule has 0 radical (unpaired) electrons. The summed E-state index contributed by atoms with van der Waals surface area (Å²) in [6.07, 6.45) is 4.02. The lowest BCUT2D eigenvalue weighted by Gasteiger charge is -2.21. The van der Waals surface area contributed by atoms with Crippen molar-refractivity contribution in [2.75, 3.05) is 0 Å². The molecule has 1 N–H and O–H groups in total. The second-order valence-electron chi connectivity index (χ2n) is 5.60. The number of carbonyl (C=O) groups is 1. The summed E-state index contributed by atoms with van der Waals surface area (Å²) in [6, 6.07) is 14.1. The molecule has 1 amide bonds. The molecular formula is C18H22N2O. The monoisotopic (exact) mass is 282 g/mol. The van der Waals surface area contributed by atoms with Crippen molar-refractivity contribution in [2.45, 2.75) is 32.7 Å². The van der Waals surface area contributed by atoms with Gasteiger partial charge in [-0.15, -0.1) is 0 Å². The zero-order valence-electron chi connectivity index (χ0n) is 12.6. The minimum Gasteiger partial charge on any atom is -0.352 e. The summed E-state index contributed by atoms with van der Waals surface area (Å²) in [6.45, 7) is 4.85. The van der Waals surface area contributed by atoms with Crippen molar-refractivity contribution in [3.05, 3.63) is 66.0 Å². The molecule has 2 rings (SSSR count). The molecule has 21 heavy (non-hydrogen) atoms. The summed E-state index contributed by atoms with van der Waals surface area (Å²) in [5, 5.41) is 2.98. The molecule has 1 atom stereocenters. The van der Waals surface area contributed by atoms with Gasteiger partial charge in [0.05, 0.1) is 0 Å². The number of carbonyl (C=O) groups excluding carboxylic acids is 1. The molecule has 3 heteroatoms. The van der Waals surface area contributed by atoms with Crippen molar-refractivity contribution in [3.63, 3.8) is 0 Å². The summed E-state index contributed by atoms with van der Waals surface area (Å²) in [4.78, 5) is 16.2. The molecular weight excluding hydrogens is 260 g/mol. The molecule has 0 saturated heterocycles. The molecule has 2 aromatic rings. The van der Waals surface area contributed by atoms with Gasteiger partial charge in [-0.05, 0) is 29.0 Å². The highest BCUT2D eigenvalue weighted by molar-refractivity contribution is 5.76. The number of aromatic nitrogens is 1. The minimum atomic E-state index is 0.0846. The summed E-state index contributed by atoms with van der Waals surface area (Å²) in [5.41, 5.74) is 2.25. The molecule has 1 aromatic heterocycles. The molecule has 1 aromatic carbocycles. The number of nitrogens with one attached hydrogen (secondary N) is 1. The number of nitrogens with zero attached hydrogens (tertiary/aromatic N) is 1. The predicted octanol–water partition coefficient (Wildman–Crippen LogP) is 3.53. The molecule has 0 fully saturated rings. The average molecular weight is 282 g/mol. The fraction of sp³-hybridized carbons (Fsp3) is 0.333. The topological polar surface area (TPSA) is 42.0 Å². The zero-order valence-corrected chi connectivity index (χ0v) is 12.6. The largest absolute Gasteiger partial charge is 0.352 e. The van der Waals surface area contributed by atoms with Crippen molar-refractivity contribution < 1.29 is 4.79 Å². The lowest BCUT2D eigenvalue weighted by Crippen LogP contribution is -2.26. The molecule has 0 spiro atoms. The number of pyridine rings is 1. The number of hydrogen-bond donors (Lipinski definition) is 1. The summed E-state index contributed by atoms with van der Waals surface area (Å²) >= 11 is 0. The molecule has 3 nitrogen and oxygen atoms in total. The predicted molar refractivity (Wildman–Crippen MR) is 84.7 cm³/mol. The summed E-state index contributed by atoms with van der Waals surface area (Å²) < 4.78 is 0. The third-order valence-electron chi connectivity index (χ3n) is 3.65. The van der Waals surface area contributed by atoms with E-state index in [1.165, 1.54) is 5.56 Å². The van der Waals surface area contributed by atoms with Gasteiger partial charge in [0.2, 0.25) is 5.91 Å². The maximum atomic E-state index is 12.2. The Bertz CT molecular complexity index is 552. The van der Waals surface area contributed by atoms with E-state index in [0.717, 1.165) is 5.56 Å². The van der Waals surface area contributed by atoms with Crippen molar-refractivity contribution in [2.24, 2.45) is 5.92 Å². The van der Waals surface area contributed by atoms with Crippen LogP contribution in [0.5, 0.6) is 0 Å². The van der Waals surface area contributed by atoms with E-state index in [4.69, 9.17) is 0 Å². The van der Waals surface area contributed by atoms with Gasteiger partial charge in [0, 0.05) is 25.4 Å². The highest BCUT2D eigenvalue weighted by Crippen LogP contribution is 2.27. The molecule has 110 valence electrons. The van der Waals surface area contributed by atoms with E-state index in [0.29, 0.717) is 18.9 Å². The number of amides is 1. The maximum absolute atomic E-state index is 12.2. The standard InChI is InChI=1S/C18H22N2O/c1-14(2)17(16-8-4-3-5-9-16)11-18(21)20-13-15-7-6-10-19-12-15/h3-10,12,14,17H,11,13H2,1-2H3,(H,20,21). The molecule has 0 saturated carbocycles. The average Bonchev–Trinajstić information content (AvgIpc) is 2.52. The Balaban J connectivity index is 1.93. The smallest absolute Gasteiger partial charge is 0.220 e. The zero-order chi connectivity index (χ0) is 15.1. The van der Waals surface area contributed by atoms with Crippen LogP contribution in [0.3, 0.4) is 0 Å². The Labute approximate surface area is 126 Å². The van der Waals surface area contributed by atoms with Gasteiger partial charge < -0.3 is 5.32 Å². The second-order valence-corrected chi connectivity index (χ2v) is 5.60. The van der Waals surface area contributed by atoms with Gasteiger partial charge in [0.15, 0.2) is 0 Å². The van der Waals surface area contributed by atoms with Crippen LogP contribution < -0.4 is 5.32 Å². The lowest BCUT2D eigenvalue weighted by molar-refractivity contribution is -0.121. The van der Waals surface area contributed by atoms with E-state index >= 15 is 0 Å². The van der Waals surface area contributed by atoms with Gasteiger partial charge in [-0.1, -0.05) is 50.2 Å². The van der Waals surface area contributed by atoms with Crippen molar-refractivity contribution in [3.8, 4) is 0 Å². The van der Waals surface area contributed by atoms with Crippen LogP contribution in [0.25, 0.3) is 0 Å². The summed E-state index contributed by atoms with van der Waals surface area (Å²) in [7, 11) is 0. The second kappa shape index (κ2) is 7.58. The minimum absolute atomic E-state index is 0.0846. The van der Waals surface area contributed by atoms with Gasteiger partial charge in [-0.2, -0.15) is 0 Å². The van der Waals surface area contributed by atoms with Crippen LogP contribution in [0.2, 0.25) is 0 Å². The van der Waals surface area contributed by atoms with Crippen molar-refractivity contribution in [1.82, 2.24) is 10.3 Å². The molecule has 1 heterocycles. The summed E-state index contributed by atoms with van der Waals surface area (Å²) in [5.74, 6) is 0.762. The van der Waals surface area contributed by atoms with E-state index in [9.17, 15) is 4.79 Å². The van der Waals surface area contributed by atoms with Gasteiger partial charge in [-0.25, -0.2) is 0 Å². The molecule has 0 aliphatic rings. The van der Waals surface area contributed by atoms with Crippen LogP contribution in [0.1, 0.15) is 37.3 Å². The quantitative estimate of drug-likeness (QED) is 0.880. The van der Waals surface area contributed by atoms with Crippen LogP contribution in [-0.4, -0.2) is 10.9 Å². The fourth-order valence-corrected chi connectivity index (χ4v) is 2.41. The van der Waals surface area contributed by atoms with Crippen LogP contribution in [0.15, 0.2) is 54.9 Å². The first-order chi connectivity index (χ1) is 10.2. The third kappa shape index (κ3) is 4.71. The Kier molecular flexibility index (Phi) is 5.50. The maximum Gasteiger partial charge on any atom is 0.220 e. The van der Waals surface area contributed by atoms with Gasteiger partial charge >= 0.3 is 0 Å². The van der Waals surface area contributed by atoms with Crippen molar-refractivity contribution in [1.29, 1.82) is 0 Å². The fourth-order valence-electron chi connectivity index (χ4n) is 2.41. The first-order valence-electron chi connectivity index (χ1n) is 7.37. The Morgan fingerprint density at radius 1 is 1.14 bits per heavy atom. The van der Waals surface area contributed by atoms with Crippen LogP contribution in [0, 0.1) is 5.92 Å². The first-order valence-corrected chi connectivity index (χ1v) is 7.37. The SMILES string of the molecule is CC(C)C(CC(=O)NCc1cccnc1)c1ccccc1. The van der Waals surface area contributed by atoms with Gasteiger partial charge in [0.25, 0.3) is 0 Å². The Morgan fingerprint density at radius 2 is 1.90 bits per heavy atom. The van der Waals surface area contributed by atoms with Crippen LogP contribution in [0.4, 0.5) is 0 Å². The Morgan fingerprint density at radius 3 is 2.52 bits per heavy atom. The van der Waals surface area contributed by atoms with E-state index in [2.05, 4.69) is 36.3 Å². The van der Waals surface area contributed by atoms with Crippen LogP contribution >= 0.6 is 0 Å². The Hall–Kier alpha value is -2.16. The van der Waals surface area contributed by atoms with Crippen molar-refractivity contribution >= 4 is 5.91 Å². The highest BCUT2D eigenvalue weighted by Gasteiger charge is 2.19. The lowest BCUT2D eigenvalue weighted by atomic mass is 9.85. The van der Waals surface area contributed by atoms with Crippen LogP contribution in [-0.2, 0) is 11.3 Å². The van der Waals surface area contributed by atoms with Gasteiger partial charge in [-0.3, -0.25) is 9.78 Å². The van der Waals surface area contributed by atoms with Gasteiger partial charge in [0.1, 0.15) is 0 Å². The van der Waals surface area contributed by atoms with E-state index in [1.807, 2.05) is 30.3 Å². The number of hydrogen-bond acceptors (Lipinski definition) is 2. The normalized spacial score (nSPS) is 12.1. The van der Waals surface area contributed by atoms with E-state index in [-0.39, 0.29) is 11.8 Å². The first kappa shape index (κ1) is 15.2. The molecule has 0 aliphatic carbocycles.